The Hall–Kier alpha value is -0.450. The monoisotopic (exact) mass is 364 g/mol. The lowest BCUT2D eigenvalue weighted by Gasteiger charge is -2.67. The molecule has 1 N–H and O–H groups in total. The van der Waals surface area contributed by atoms with Gasteiger partial charge in [-0.05, 0) is 68.1 Å². The molecule has 0 aliphatic heterocycles. The van der Waals surface area contributed by atoms with E-state index in [-0.39, 0.29) is 16.7 Å². The molecule has 148 valence electrons. The van der Waals surface area contributed by atoms with Crippen molar-refractivity contribution in [2.45, 2.75) is 89.9 Å². The molecule has 26 heavy (non-hydrogen) atoms. The Balaban J connectivity index is 1.70. The quantitative estimate of drug-likeness (QED) is 0.750. The molecule has 0 unspecified atom stereocenters. The van der Waals surface area contributed by atoms with Crippen LogP contribution in [0.1, 0.15) is 78.6 Å². The number of aliphatic hydroxyl groups is 1. The molecule has 0 amide bonds. The molecule has 0 aromatic carbocycles. The molecule has 4 aliphatic rings. The fraction of sp³-hybridized carbons (Fsp3) is 0.955. The molecule has 4 saturated carbocycles. The molecule has 0 aromatic rings. The summed E-state index contributed by atoms with van der Waals surface area (Å²) in [7, 11) is 3.53. The van der Waals surface area contributed by atoms with E-state index in [1.165, 1.54) is 0 Å². The summed E-state index contributed by atoms with van der Waals surface area (Å²) in [6.07, 6.45) is 8.10. The molecule has 0 radical (unpaired) electrons. The van der Waals surface area contributed by atoms with Gasteiger partial charge in [-0.1, -0.05) is 13.8 Å². The van der Waals surface area contributed by atoms with Gasteiger partial charge in [0.25, 0.3) is 0 Å². The topological polar surface area (TPSA) is 55.8 Å². The van der Waals surface area contributed by atoms with Crippen molar-refractivity contribution < 1.29 is 19.4 Å². The predicted octanol–water partition coefficient (Wildman–Crippen LogP) is 4.09. The summed E-state index contributed by atoms with van der Waals surface area (Å²) < 4.78 is 11.7. The van der Waals surface area contributed by atoms with Crippen LogP contribution in [-0.4, -0.2) is 36.5 Å². The number of hydrogen-bond acceptors (Lipinski definition) is 4. The van der Waals surface area contributed by atoms with Gasteiger partial charge >= 0.3 is 0 Å². The SMILES string of the molecule is COC1(OC)CC[C@]2(C)[C@@H]3CC[C@@]4(C)C(=O)CC[C@@]4(O)[C@@H]3CC[C@@]2(C)C1. The Morgan fingerprint density at radius 3 is 2.23 bits per heavy atom. The van der Waals surface area contributed by atoms with E-state index in [9.17, 15) is 9.90 Å². The molecule has 4 aliphatic carbocycles. The van der Waals surface area contributed by atoms with Gasteiger partial charge in [-0.15, -0.1) is 0 Å². The van der Waals surface area contributed by atoms with Crippen LogP contribution in [0, 0.1) is 28.1 Å². The van der Waals surface area contributed by atoms with Crippen LogP contribution in [0.15, 0.2) is 0 Å². The first-order chi connectivity index (χ1) is 12.1. The number of ether oxygens (including phenoxy) is 2. The van der Waals surface area contributed by atoms with Gasteiger partial charge in [0.1, 0.15) is 5.78 Å². The summed E-state index contributed by atoms with van der Waals surface area (Å²) in [5.74, 6) is 0.559. The summed E-state index contributed by atoms with van der Waals surface area (Å²) in [6.45, 7) is 6.89. The minimum atomic E-state index is -0.797. The summed E-state index contributed by atoms with van der Waals surface area (Å²) >= 11 is 0. The highest BCUT2D eigenvalue weighted by Gasteiger charge is 2.70. The summed E-state index contributed by atoms with van der Waals surface area (Å²) in [5.41, 5.74) is -1.01. The zero-order chi connectivity index (χ0) is 19.0. The summed E-state index contributed by atoms with van der Waals surface area (Å²) in [6, 6.07) is 0. The van der Waals surface area contributed by atoms with Crippen molar-refractivity contribution >= 4 is 5.78 Å². The molecule has 4 fully saturated rings. The van der Waals surface area contributed by atoms with Crippen LogP contribution >= 0.6 is 0 Å². The van der Waals surface area contributed by atoms with Crippen LogP contribution in [0.5, 0.6) is 0 Å². The molecule has 0 saturated heterocycles. The van der Waals surface area contributed by atoms with Crippen molar-refractivity contribution in [1.29, 1.82) is 0 Å². The van der Waals surface area contributed by atoms with Gasteiger partial charge in [-0.2, -0.15) is 0 Å². The third-order valence-electron chi connectivity index (χ3n) is 9.99. The number of carbonyl (C=O) groups is 1. The first kappa shape index (κ1) is 18.9. The summed E-state index contributed by atoms with van der Waals surface area (Å²) in [4.78, 5) is 12.6. The number of fused-ring (bicyclic) bond motifs is 5. The maximum absolute atomic E-state index is 12.6. The van der Waals surface area contributed by atoms with Gasteiger partial charge < -0.3 is 14.6 Å². The Morgan fingerprint density at radius 2 is 1.58 bits per heavy atom. The maximum Gasteiger partial charge on any atom is 0.168 e. The third kappa shape index (κ3) is 2.04. The number of ketones is 1. The molecule has 0 bridgehead atoms. The van der Waals surface area contributed by atoms with Crippen LogP contribution in [0.25, 0.3) is 0 Å². The molecule has 4 rings (SSSR count). The van der Waals surface area contributed by atoms with Crippen molar-refractivity contribution in [2.24, 2.45) is 28.1 Å². The average Bonchev–Trinajstić information content (AvgIpc) is 2.86. The Kier molecular flexibility index (Phi) is 4.03. The smallest absolute Gasteiger partial charge is 0.168 e. The van der Waals surface area contributed by atoms with Crippen LogP contribution in [0.4, 0.5) is 0 Å². The van der Waals surface area contributed by atoms with Crippen LogP contribution in [-0.2, 0) is 14.3 Å². The lowest BCUT2D eigenvalue weighted by molar-refractivity contribution is -0.291. The number of carbonyl (C=O) groups excluding carboxylic acids is 1. The van der Waals surface area contributed by atoms with Gasteiger partial charge in [-0.3, -0.25) is 4.79 Å². The Labute approximate surface area is 158 Å². The van der Waals surface area contributed by atoms with E-state index >= 15 is 0 Å². The zero-order valence-corrected chi connectivity index (χ0v) is 17.2. The van der Waals surface area contributed by atoms with Crippen molar-refractivity contribution in [3.63, 3.8) is 0 Å². The zero-order valence-electron chi connectivity index (χ0n) is 17.2. The fourth-order valence-electron chi connectivity index (χ4n) is 7.78. The molecular weight excluding hydrogens is 328 g/mol. The van der Waals surface area contributed by atoms with Crippen LogP contribution in [0.3, 0.4) is 0 Å². The standard InChI is InChI=1S/C22H36O4/c1-18-9-6-16-15(7-10-20(3)17(23)8-11-22(16,20)24)19(18,2)12-13-21(14-18,25-4)26-5/h15-16,24H,6-14H2,1-5H3/t15-,16-,18+,19-,20+,22-/m1/s1. The Bertz CT molecular complexity index is 613. The molecule has 6 atom stereocenters. The lowest BCUT2D eigenvalue weighted by atomic mass is 9.39. The van der Waals surface area contributed by atoms with E-state index in [2.05, 4.69) is 13.8 Å². The van der Waals surface area contributed by atoms with E-state index in [0.717, 1.165) is 44.9 Å². The molecule has 4 nitrogen and oxygen atoms in total. The lowest BCUT2D eigenvalue weighted by Crippen LogP contribution is -2.65. The van der Waals surface area contributed by atoms with Crippen molar-refractivity contribution in [3.05, 3.63) is 0 Å². The first-order valence-corrected chi connectivity index (χ1v) is 10.5. The molecular formula is C22H36O4. The van der Waals surface area contributed by atoms with E-state index in [1.807, 2.05) is 6.92 Å². The number of Topliss-reactive ketones (excluding diaryl/α,β-unsaturated/α-hetero) is 1. The van der Waals surface area contributed by atoms with Crippen molar-refractivity contribution in [3.8, 4) is 0 Å². The van der Waals surface area contributed by atoms with E-state index in [1.54, 1.807) is 14.2 Å². The van der Waals surface area contributed by atoms with Crippen LogP contribution in [0.2, 0.25) is 0 Å². The van der Waals surface area contributed by atoms with Gasteiger partial charge in [0.15, 0.2) is 5.79 Å². The summed E-state index contributed by atoms with van der Waals surface area (Å²) in [5, 5.41) is 11.7. The van der Waals surface area contributed by atoms with Gasteiger partial charge in [0, 0.05) is 33.5 Å². The van der Waals surface area contributed by atoms with E-state index < -0.39 is 16.8 Å². The highest BCUT2D eigenvalue weighted by Crippen LogP contribution is 2.71. The van der Waals surface area contributed by atoms with E-state index in [4.69, 9.17) is 9.47 Å². The molecule has 0 spiro atoms. The second kappa shape index (κ2) is 5.55. The second-order valence-electron chi connectivity index (χ2n) is 10.4. The highest BCUT2D eigenvalue weighted by atomic mass is 16.7. The fourth-order valence-corrected chi connectivity index (χ4v) is 7.78. The largest absolute Gasteiger partial charge is 0.389 e. The minimum Gasteiger partial charge on any atom is -0.389 e. The van der Waals surface area contributed by atoms with Gasteiger partial charge in [0.2, 0.25) is 0 Å². The normalized spacial score (nSPS) is 52.9. The molecule has 0 aromatic heterocycles. The Morgan fingerprint density at radius 1 is 0.923 bits per heavy atom. The number of hydrogen-bond donors (Lipinski definition) is 1. The average molecular weight is 365 g/mol. The second-order valence-corrected chi connectivity index (χ2v) is 10.4. The minimum absolute atomic E-state index is 0.144. The van der Waals surface area contributed by atoms with Gasteiger partial charge in [0.05, 0.1) is 11.0 Å². The molecule has 0 heterocycles. The number of methoxy groups -OCH3 is 2. The maximum atomic E-state index is 12.6. The van der Waals surface area contributed by atoms with Crippen molar-refractivity contribution in [2.75, 3.05) is 14.2 Å². The molecule has 4 heteroatoms. The van der Waals surface area contributed by atoms with Crippen LogP contribution < -0.4 is 0 Å². The third-order valence-corrected chi connectivity index (χ3v) is 9.99. The number of rotatable bonds is 2. The predicted molar refractivity (Wildman–Crippen MR) is 99.6 cm³/mol. The van der Waals surface area contributed by atoms with Crippen molar-refractivity contribution in [1.82, 2.24) is 0 Å². The van der Waals surface area contributed by atoms with E-state index in [0.29, 0.717) is 24.5 Å². The highest BCUT2D eigenvalue weighted by molar-refractivity contribution is 5.88. The first-order valence-electron chi connectivity index (χ1n) is 10.5. The van der Waals surface area contributed by atoms with Gasteiger partial charge in [-0.25, -0.2) is 0 Å².